The van der Waals surface area contributed by atoms with E-state index in [0.29, 0.717) is 12.8 Å². The number of hydrogen-bond donors (Lipinski definition) is 0. The van der Waals surface area contributed by atoms with Crippen LogP contribution >= 0.6 is 7.60 Å². The molecule has 112 valence electrons. The molecule has 0 heterocycles. The molecule has 0 spiro atoms. The van der Waals surface area contributed by atoms with Crippen LogP contribution in [0.15, 0.2) is 0 Å². The van der Waals surface area contributed by atoms with Gasteiger partial charge in [-0.15, -0.1) is 0 Å². The second kappa shape index (κ2) is 8.68. The largest absolute Gasteiger partial charge is 0.353 e. The van der Waals surface area contributed by atoms with Crippen molar-refractivity contribution in [3.8, 4) is 6.07 Å². The highest BCUT2D eigenvalue weighted by molar-refractivity contribution is 7.55. The first-order valence-corrected chi connectivity index (χ1v) is 7.91. The lowest BCUT2D eigenvalue weighted by Gasteiger charge is -2.28. The average Bonchev–Trinajstić information content (AvgIpc) is 2.39. The molecule has 0 radical (unpaired) electrons. The van der Waals surface area contributed by atoms with Gasteiger partial charge in [-0.2, -0.15) is 5.26 Å². The Kier molecular flexibility index (Phi) is 8.47. The molecule has 7 heteroatoms. The number of hydrogen-bond acceptors (Lipinski definition) is 6. The highest BCUT2D eigenvalue weighted by Gasteiger charge is 2.37. The molecule has 0 N–H and O–H groups in total. The summed E-state index contributed by atoms with van der Waals surface area (Å²) in [6.45, 7) is 5.67. The van der Waals surface area contributed by atoms with E-state index < -0.39 is 19.0 Å². The fraction of sp³-hybridized carbons (Fsp3) is 0.917. The predicted molar refractivity (Wildman–Crippen MR) is 71.9 cm³/mol. The van der Waals surface area contributed by atoms with Crippen molar-refractivity contribution >= 4 is 7.60 Å². The normalized spacial score (nSPS) is 14.1. The van der Waals surface area contributed by atoms with Gasteiger partial charge in [0.05, 0.1) is 19.3 Å². The summed E-state index contributed by atoms with van der Waals surface area (Å²) in [5.41, 5.74) is -0.822. The van der Waals surface area contributed by atoms with Gasteiger partial charge in [-0.1, -0.05) is 0 Å². The Morgan fingerprint density at radius 2 is 1.68 bits per heavy atom. The monoisotopic (exact) mass is 293 g/mol. The van der Waals surface area contributed by atoms with E-state index in [0.717, 1.165) is 0 Å². The Bertz CT molecular complexity index is 328. The molecule has 19 heavy (non-hydrogen) atoms. The van der Waals surface area contributed by atoms with Crippen LogP contribution in [0, 0.1) is 11.3 Å². The highest BCUT2D eigenvalue weighted by Crippen LogP contribution is 2.54. The van der Waals surface area contributed by atoms with Gasteiger partial charge in [-0.3, -0.25) is 4.57 Å². The fourth-order valence-electron chi connectivity index (χ4n) is 1.56. The van der Waals surface area contributed by atoms with Crippen LogP contribution in [0.25, 0.3) is 0 Å². The van der Waals surface area contributed by atoms with Crippen LogP contribution < -0.4 is 0 Å². The van der Waals surface area contributed by atoms with Crippen LogP contribution in [0.2, 0.25) is 0 Å². The van der Waals surface area contributed by atoms with Crippen LogP contribution in [0.5, 0.6) is 0 Å². The molecule has 0 aliphatic carbocycles. The van der Waals surface area contributed by atoms with Crippen LogP contribution in [-0.2, 0) is 23.1 Å². The van der Waals surface area contributed by atoms with E-state index in [4.69, 9.17) is 18.5 Å². The molecule has 0 saturated heterocycles. The summed E-state index contributed by atoms with van der Waals surface area (Å²) in [6, 6.07) is 2.01. The van der Waals surface area contributed by atoms with Gasteiger partial charge in [-0.25, -0.2) is 0 Å². The van der Waals surface area contributed by atoms with Crippen molar-refractivity contribution in [2.75, 3.05) is 27.4 Å². The lowest BCUT2D eigenvalue weighted by atomic mass is 10.1. The fourth-order valence-corrected chi connectivity index (χ4v) is 3.30. The molecule has 0 bridgehead atoms. The topological polar surface area (TPSA) is 77.8 Å². The molecule has 0 saturated carbocycles. The molecule has 1 atom stereocenters. The standard InChI is InChI=1S/C12H24NO5P/c1-6-17-19(14,18-7-2)11(10-13)8-9-12(3,15-4)16-5/h11H,6-9H2,1-5H3. The zero-order valence-electron chi connectivity index (χ0n) is 12.3. The van der Waals surface area contributed by atoms with Crippen molar-refractivity contribution in [3.63, 3.8) is 0 Å². The predicted octanol–water partition coefficient (Wildman–Crippen LogP) is 2.93. The number of nitriles is 1. The van der Waals surface area contributed by atoms with Gasteiger partial charge >= 0.3 is 7.60 Å². The van der Waals surface area contributed by atoms with Crippen molar-refractivity contribution in [2.24, 2.45) is 0 Å². The molecular weight excluding hydrogens is 269 g/mol. The lowest BCUT2D eigenvalue weighted by molar-refractivity contribution is -0.197. The van der Waals surface area contributed by atoms with Gasteiger partial charge in [-0.05, 0) is 27.2 Å². The summed E-state index contributed by atoms with van der Waals surface area (Å²) in [5.74, 6) is -0.807. The van der Waals surface area contributed by atoms with Gasteiger partial charge < -0.3 is 18.5 Å². The van der Waals surface area contributed by atoms with Crippen molar-refractivity contribution in [1.29, 1.82) is 5.26 Å². The van der Waals surface area contributed by atoms with E-state index in [1.165, 1.54) is 14.2 Å². The minimum Gasteiger partial charge on any atom is -0.353 e. The minimum absolute atomic E-state index is 0.237. The van der Waals surface area contributed by atoms with Crippen molar-refractivity contribution < 1.29 is 23.1 Å². The van der Waals surface area contributed by atoms with Crippen LogP contribution in [0.1, 0.15) is 33.6 Å². The summed E-state index contributed by atoms with van der Waals surface area (Å²) in [6.07, 6.45) is 0.730. The Morgan fingerprint density at radius 3 is 2.00 bits per heavy atom. The average molecular weight is 293 g/mol. The minimum atomic E-state index is -3.41. The van der Waals surface area contributed by atoms with Crippen molar-refractivity contribution in [3.05, 3.63) is 0 Å². The molecule has 0 aliphatic heterocycles. The number of rotatable bonds is 10. The van der Waals surface area contributed by atoms with E-state index in [2.05, 4.69) is 0 Å². The van der Waals surface area contributed by atoms with Gasteiger partial charge in [0.15, 0.2) is 5.79 Å². The summed E-state index contributed by atoms with van der Waals surface area (Å²) in [7, 11) is -0.362. The first kappa shape index (κ1) is 18.6. The maximum atomic E-state index is 12.5. The van der Waals surface area contributed by atoms with Crippen molar-refractivity contribution in [2.45, 2.75) is 45.1 Å². The van der Waals surface area contributed by atoms with Gasteiger partial charge in [0, 0.05) is 20.6 Å². The van der Waals surface area contributed by atoms with E-state index in [9.17, 15) is 9.83 Å². The van der Waals surface area contributed by atoms with E-state index >= 15 is 0 Å². The SMILES string of the molecule is CCOP(=O)(OCC)C(C#N)CCC(C)(OC)OC. The molecule has 1 unspecified atom stereocenters. The van der Waals surface area contributed by atoms with Crippen LogP contribution in [0.4, 0.5) is 0 Å². The Balaban J connectivity index is 4.81. The zero-order chi connectivity index (χ0) is 14.9. The molecule has 0 aromatic heterocycles. The second-order valence-corrected chi connectivity index (χ2v) is 6.32. The van der Waals surface area contributed by atoms with Gasteiger partial charge in [0.25, 0.3) is 0 Å². The van der Waals surface area contributed by atoms with Crippen LogP contribution in [-0.4, -0.2) is 38.9 Å². The second-order valence-electron chi connectivity index (χ2n) is 4.10. The van der Waals surface area contributed by atoms with Crippen LogP contribution in [0.3, 0.4) is 0 Å². The third-order valence-electron chi connectivity index (χ3n) is 2.88. The third kappa shape index (κ3) is 5.60. The summed E-state index contributed by atoms with van der Waals surface area (Å²) < 4.78 is 33.3. The maximum Gasteiger partial charge on any atom is 0.347 e. The Morgan fingerprint density at radius 1 is 1.21 bits per heavy atom. The quantitative estimate of drug-likeness (QED) is 0.455. The molecule has 0 rings (SSSR count). The molecule has 0 aromatic rings. The first-order chi connectivity index (χ1) is 8.91. The lowest BCUT2D eigenvalue weighted by Crippen LogP contribution is -2.31. The Labute approximate surface area is 115 Å². The first-order valence-electron chi connectivity index (χ1n) is 6.30. The molecule has 0 aliphatic rings. The summed E-state index contributed by atoms with van der Waals surface area (Å²) >= 11 is 0. The highest BCUT2D eigenvalue weighted by atomic mass is 31.2. The summed E-state index contributed by atoms with van der Waals surface area (Å²) in [4.78, 5) is 0. The van der Waals surface area contributed by atoms with Crippen molar-refractivity contribution in [1.82, 2.24) is 0 Å². The zero-order valence-corrected chi connectivity index (χ0v) is 13.2. The molecule has 6 nitrogen and oxygen atoms in total. The third-order valence-corrected chi connectivity index (χ3v) is 5.26. The Hall–Kier alpha value is -0.440. The number of ether oxygens (including phenoxy) is 2. The van der Waals surface area contributed by atoms with E-state index in [-0.39, 0.29) is 13.2 Å². The molecule has 0 aromatic carbocycles. The number of nitrogens with zero attached hydrogens (tertiary/aromatic N) is 1. The smallest absolute Gasteiger partial charge is 0.347 e. The maximum absolute atomic E-state index is 12.5. The van der Waals surface area contributed by atoms with E-state index in [1.807, 2.05) is 6.07 Å². The molecular formula is C12H24NO5P. The van der Waals surface area contributed by atoms with Gasteiger partial charge in [0.2, 0.25) is 0 Å². The van der Waals surface area contributed by atoms with E-state index in [1.54, 1.807) is 20.8 Å². The number of methoxy groups -OCH3 is 2. The summed E-state index contributed by atoms with van der Waals surface area (Å²) in [5, 5.41) is 9.19. The molecule has 0 amide bonds. The molecule has 0 fully saturated rings. The van der Waals surface area contributed by atoms with Gasteiger partial charge in [0.1, 0.15) is 5.66 Å².